The van der Waals surface area contributed by atoms with Crippen LogP contribution in [0, 0.1) is 5.82 Å². The van der Waals surface area contributed by atoms with E-state index in [0.29, 0.717) is 12.0 Å². The number of nitrogens with one attached hydrogen (secondary N) is 1. The summed E-state index contributed by atoms with van der Waals surface area (Å²) in [6.07, 6.45) is 4.70. The quantitative estimate of drug-likeness (QED) is 0.759. The fourth-order valence-corrected chi connectivity index (χ4v) is 3.09. The molecule has 0 radical (unpaired) electrons. The van der Waals surface area contributed by atoms with E-state index < -0.39 is 0 Å². The molecular formula is C18H28FNO. The van der Waals surface area contributed by atoms with Gasteiger partial charge in [-0.2, -0.15) is 0 Å². The maximum absolute atomic E-state index is 13.1. The SMILES string of the molecule is CCCNCC(CC1CCC(C)(C)O1)c1ccc(F)cc1. The van der Waals surface area contributed by atoms with Gasteiger partial charge in [-0.1, -0.05) is 19.1 Å². The number of rotatable bonds is 7. The van der Waals surface area contributed by atoms with E-state index in [1.807, 2.05) is 12.1 Å². The van der Waals surface area contributed by atoms with Crippen LogP contribution < -0.4 is 5.32 Å². The standard InChI is InChI=1S/C18H28FNO/c1-4-11-20-13-15(14-5-7-16(19)8-6-14)12-17-9-10-18(2,3)21-17/h5-8,15,17,20H,4,9-13H2,1-3H3. The summed E-state index contributed by atoms with van der Waals surface area (Å²) in [5, 5.41) is 3.49. The monoisotopic (exact) mass is 293 g/mol. The fourth-order valence-electron chi connectivity index (χ4n) is 3.09. The number of hydrogen-bond acceptors (Lipinski definition) is 2. The molecule has 1 aliphatic rings. The predicted molar refractivity (Wildman–Crippen MR) is 85.1 cm³/mol. The summed E-state index contributed by atoms with van der Waals surface area (Å²) in [7, 11) is 0. The first-order valence-electron chi connectivity index (χ1n) is 8.14. The van der Waals surface area contributed by atoms with Gasteiger partial charge in [-0.3, -0.25) is 0 Å². The van der Waals surface area contributed by atoms with Gasteiger partial charge in [0.05, 0.1) is 11.7 Å². The Morgan fingerprint density at radius 3 is 2.62 bits per heavy atom. The molecule has 0 aromatic heterocycles. The smallest absolute Gasteiger partial charge is 0.123 e. The van der Waals surface area contributed by atoms with Crippen LogP contribution in [0.1, 0.15) is 57.9 Å². The van der Waals surface area contributed by atoms with Crippen molar-refractivity contribution in [1.29, 1.82) is 0 Å². The molecule has 0 bridgehead atoms. The van der Waals surface area contributed by atoms with E-state index in [2.05, 4.69) is 26.1 Å². The number of hydrogen-bond donors (Lipinski definition) is 1. The largest absolute Gasteiger partial charge is 0.372 e. The maximum Gasteiger partial charge on any atom is 0.123 e. The molecule has 0 saturated carbocycles. The van der Waals surface area contributed by atoms with Crippen LogP contribution in [0.2, 0.25) is 0 Å². The fraction of sp³-hybridized carbons (Fsp3) is 0.667. The first-order valence-corrected chi connectivity index (χ1v) is 8.14. The summed E-state index contributed by atoms with van der Waals surface area (Å²) < 4.78 is 19.3. The average Bonchev–Trinajstić information content (AvgIpc) is 2.78. The first-order chi connectivity index (χ1) is 10.00. The molecule has 2 unspecified atom stereocenters. The van der Waals surface area contributed by atoms with Crippen molar-refractivity contribution < 1.29 is 9.13 Å². The second kappa shape index (κ2) is 7.37. The molecule has 3 heteroatoms. The van der Waals surface area contributed by atoms with Crippen LogP contribution in [-0.2, 0) is 4.74 Å². The van der Waals surface area contributed by atoms with Crippen molar-refractivity contribution in [2.24, 2.45) is 0 Å². The number of halogens is 1. The minimum absolute atomic E-state index is 0.00879. The summed E-state index contributed by atoms with van der Waals surface area (Å²) in [5.41, 5.74) is 1.21. The van der Waals surface area contributed by atoms with Gasteiger partial charge in [-0.15, -0.1) is 0 Å². The predicted octanol–water partition coefficient (Wildman–Crippen LogP) is 4.26. The molecule has 1 N–H and O–H groups in total. The lowest BCUT2D eigenvalue weighted by molar-refractivity contribution is -0.0209. The lowest BCUT2D eigenvalue weighted by Gasteiger charge is -2.24. The lowest BCUT2D eigenvalue weighted by Crippen LogP contribution is -2.26. The van der Waals surface area contributed by atoms with Crippen LogP contribution in [0.3, 0.4) is 0 Å². The molecule has 118 valence electrons. The van der Waals surface area contributed by atoms with Gasteiger partial charge >= 0.3 is 0 Å². The zero-order valence-corrected chi connectivity index (χ0v) is 13.5. The highest BCUT2D eigenvalue weighted by Gasteiger charge is 2.33. The normalized spacial score (nSPS) is 22.4. The van der Waals surface area contributed by atoms with Gasteiger partial charge in [-0.25, -0.2) is 4.39 Å². The van der Waals surface area contributed by atoms with Gasteiger partial charge in [0.2, 0.25) is 0 Å². The van der Waals surface area contributed by atoms with Crippen LogP contribution >= 0.6 is 0 Å². The van der Waals surface area contributed by atoms with E-state index in [-0.39, 0.29) is 11.4 Å². The Balaban J connectivity index is 2.00. The van der Waals surface area contributed by atoms with E-state index >= 15 is 0 Å². The van der Waals surface area contributed by atoms with Gasteiger partial charge in [0, 0.05) is 6.54 Å². The Labute approximate surface area is 128 Å². The first kappa shape index (κ1) is 16.4. The molecule has 1 aromatic rings. The summed E-state index contributed by atoms with van der Waals surface area (Å²) >= 11 is 0. The van der Waals surface area contributed by atoms with Crippen LogP contribution in [-0.4, -0.2) is 24.8 Å². The topological polar surface area (TPSA) is 21.3 Å². The molecule has 1 heterocycles. The minimum Gasteiger partial charge on any atom is -0.372 e. The van der Waals surface area contributed by atoms with Gasteiger partial charge < -0.3 is 10.1 Å². The Hall–Kier alpha value is -0.930. The van der Waals surface area contributed by atoms with Gasteiger partial charge in [0.25, 0.3) is 0 Å². The Bertz CT molecular complexity index is 429. The summed E-state index contributed by atoms with van der Waals surface area (Å²) in [6, 6.07) is 6.94. The van der Waals surface area contributed by atoms with Crippen LogP contribution in [0.15, 0.2) is 24.3 Å². The molecule has 1 aromatic carbocycles. The molecule has 2 atom stereocenters. The van der Waals surface area contributed by atoms with Crippen molar-refractivity contribution in [2.45, 2.75) is 64.1 Å². The molecule has 1 saturated heterocycles. The molecule has 21 heavy (non-hydrogen) atoms. The highest BCUT2D eigenvalue weighted by molar-refractivity contribution is 5.21. The Morgan fingerprint density at radius 2 is 2.05 bits per heavy atom. The zero-order chi connectivity index (χ0) is 15.3. The molecule has 1 aliphatic heterocycles. The average molecular weight is 293 g/mol. The number of ether oxygens (including phenoxy) is 1. The van der Waals surface area contributed by atoms with Gasteiger partial charge in [0.1, 0.15) is 5.82 Å². The molecule has 0 amide bonds. The van der Waals surface area contributed by atoms with Crippen molar-refractivity contribution in [3.05, 3.63) is 35.6 Å². The highest BCUT2D eigenvalue weighted by atomic mass is 19.1. The van der Waals surface area contributed by atoms with Gasteiger partial charge in [-0.05, 0) is 69.7 Å². The van der Waals surface area contributed by atoms with E-state index in [1.54, 1.807) is 12.1 Å². The number of benzene rings is 1. The third-order valence-electron chi connectivity index (χ3n) is 4.26. The van der Waals surface area contributed by atoms with E-state index in [4.69, 9.17) is 4.74 Å². The van der Waals surface area contributed by atoms with Crippen molar-refractivity contribution in [2.75, 3.05) is 13.1 Å². The van der Waals surface area contributed by atoms with Crippen LogP contribution in [0.25, 0.3) is 0 Å². The lowest BCUT2D eigenvalue weighted by atomic mass is 9.91. The van der Waals surface area contributed by atoms with Crippen molar-refractivity contribution in [1.82, 2.24) is 5.32 Å². The maximum atomic E-state index is 13.1. The Morgan fingerprint density at radius 1 is 1.33 bits per heavy atom. The minimum atomic E-state index is -0.169. The molecule has 0 aliphatic carbocycles. The van der Waals surface area contributed by atoms with E-state index in [9.17, 15) is 4.39 Å². The van der Waals surface area contributed by atoms with Crippen molar-refractivity contribution in [3.8, 4) is 0 Å². The van der Waals surface area contributed by atoms with Gasteiger partial charge in [0.15, 0.2) is 0 Å². The van der Waals surface area contributed by atoms with Crippen LogP contribution in [0.5, 0.6) is 0 Å². The summed E-state index contributed by atoms with van der Waals surface area (Å²) in [5.74, 6) is 0.216. The molecular weight excluding hydrogens is 265 g/mol. The summed E-state index contributed by atoms with van der Waals surface area (Å²) in [6.45, 7) is 8.45. The second-order valence-corrected chi connectivity index (χ2v) is 6.73. The van der Waals surface area contributed by atoms with E-state index in [0.717, 1.165) is 38.8 Å². The van der Waals surface area contributed by atoms with Crippen molar-refractivity contribution >= 4 is 0 Å². The molecule has 2 rings (SSSR count). The second-order valence-electron chi connectivity index (χ2n) is 6.73. The highest BCUT2D eigenvalue weighted by Crippen LogP contribution is 2.34. The molecule has 2 nitrogen and oxygen atoms in total. The Kier molecular flexibility index (Phi) is 5.77. The van der Waals surface area contributed by atoms with Crippen molar-refractivity contribution in [3.63, 3.8) is 0 Å². The zero-order valence-electron chi connectivity index (χ0n) is 13.5. The third-order valence-corrected chi connectivity index (χ3v) is 4.26. The molecule has 1 fully saturated rings. The molecule has 0 spiro atoms. The third kappa shape index (κ3) is 5.08. The van der Waals surface area contributed by atoms with E-state index in [1.165, 1.54) is 5.56 Å². The van der Waals surface area contributed by atoms with Crippen LogP contribution in [0.4, 0.5) is 4.39 Å². The summed E-state index contributed by atoms with van der Waals surface area (Å²) in [4.78, 5) is 0.